The molecule has 1 atom stereocenters. The summed E-state index contributed by atoms with van der Waals surface area (Å²) in [6.07, 6.45) is 10.9. The second kappa shape index (κ2) is 6.22. The van der Waals surface area contributed by atoms with Gasteiger partial charge in [0, 0.05) is 25.7 Å². The molecule has 1 unspecified atom stereocenters. The lowest BCUT2D eigenvalue weighted by Crippen LogP contribution is -2.58. The van der Waals surface area contributed by atoms with Crippen LogP contribution in [0.3, 0.4) is 0 Å². The largest absolute Gasteiger partial charge is 0.341 e. The number of hydrogen-bond donors (Lipinski definition) is 1. The molecule has 5 nitrogen and oxygen atoms in total. The van der Waals surface area contributed by atoms with Gasteiger partial charge in [-0.1, -0.05) is 0 Å². The van der Waals surface area contributed by atoms with Gasteiger partial charge in [0.05, 0.1) is 5.41 Å². The Kier molecular flexibility index (Phi) is 4.07. The Balaban J connectivity index is 1.32. The van der Waals surface area contributed by atoms with E-state index in [-0.39, 0.29) is 23.4 Å². The van der Waals surface area contributed by atoms with Crippen molar-refractivity contribution in [3.8, 4) is 0 Å². The molecule has 6 rings (SSSR count). The molecule has 0 spiro atoms. The fourth-order valence-corrected chi connectivity index (χ4v) is 7.27. The number of carbonyl (C=O) groups is 2. The first-order valence-corrected chi connectivity index (χ1v) is 10.9. The Labute approximate surface area is 156 Å². The number of amides is 2. The first kappa shape index (κ1) is 17.0. The van der Waals surface area contributed by atoms with Crippen LogP contribution < -0.4 is 5.73 Å². The highest BCUT2D eigenvalue weighted by Crippen LogP contribution is 2.60. The number of rotatable bonds is 2. The highest BCUT2D eigenvalue weighted by Gasteiger charge is 2.57. The normalized spacial score (nSPS) is 42.5. The van der Waals surface area contributed by atoms with Crippen molar-refractivity contribution < 1.29 is 9.59 Å². The molecule has 0 aromatic rings. The predicted molar refractivity (Wildman–Crippen MR) is 99.1 cm³/mol. The molecule has 6 aliphatic rings. The van der Waals surface area contributed by atoms with Crippen LogP contribution in [0.5, 0.6) is 0 Å². The quantitative estimate of drug-likeness (QED) is 0.821. The SMILES string of the molecule is NC1CCN(C(=O)C2CCCN2C(=O)C23CC4CC(CC(C4)C2)C3)CC1. The van der Waals surface area contributed by atoms with E-state index >= 15 is 0 Å². The molecule has 2 amide bonds. The molecule has 2 heterocycles. The molecule has 4 aliphatic carbocycles. The first-order chi connectivity index (χ1) is 12.5. The fraction of sp³-hybridized carbons (Fsp3) is 0.905. The zero-order chi connectivity index (χ0) is 17.9. The molecule has 26 heavy (non-hydrogen) atoms. The van der Waals surface area contributed by atoms with E-state index in [0.717, 1.165) is 82.3 Å². The Hall–Kier alpha value is -1.10. The van der Waals surface area contributed by atoms with Crippen molar-refractivity contribution in [1.82, 2.24) is 9.80 Å². The zero-order valence-electron chi connectivity index (χ0n) is 15.9. The number of nitrogens with zero attached hydrogens (tertiary/aromatic N) is 2. The van der Waals surface area contributed by atoms with Crippen LogP contribution in [0.2, 0.25) is 0 Å². The van der Waals surface area contributed by atoms with E-state index in [4.69, 9.17) is 5.73 Å². The molecule has 4 bridgehead atoms. The summed E-state index contributed by atoms with van der Waals surface area (Å²) in [6.45, 7) is 2.30. The summed E-state index contributed by atoms with van der Waals surface area (Å²) in [5.74, 6) is 2.83. The van der Waals surface area contributed by atoms with Crippen molar-refractivity contribution in [3.63, 3.8) is 0 Å². The average Bonchev–Trinajstić information content (AvgIpc) is 3.09. The lowest BCUT2D eigenvalue weighted by Gasteiger charge is -2.56. The molecule has 0 radical (unpaired) electrons. The summed E-state index contributed by atoms with van der Waals surface area (Å²) >= 11 is 0. The maximum absolute atomic E-state index is 13.7. The third-order valence-electron chi connectivity index (χ3n) is 8.14. The van der Waals surface area contributed by atoms with Crippen LogP contribution in [0, 0.1) is 23.2 Å². The van der Waals surface area contributed by atoms with E-state index in [1.165, 1.54) is 19.3 Å². The van der Waals surface area contributed by atoms with Gasteiger partial charge in [-0.25, -0.2) is 0 Å². The van der Waals surface area contributed by atoms with Gasteiger partial charge < -0.3 is 15.5 Å². The summed E-state index contributed by atoms with van der Waals surface area (Å²) in [6, 6.07) is 0.0252. The van der Waals surface area contributed by atoms with Crippen molar-refractivity contribution in [1.29, 1.82) is 0 Å². The third-order valence-corrected chi connectivity index (χ3v) is 8.14. The molecule has 0 aromatic heterocycles. The van der Waals surface area contributed by atoms with E-state index in [0.29, 0.717) is 5.91 Å². The number of nitrogens with two attached hydrogens (primary N) is 1. The van der Waals surface area contributed by atoms with Crippen LogP contribution in [-0.2, 0) is 9.59 Å². The van der Waals surface area contributed by atoms with Gasteiger partial charge in [0.2, 0.25) is 11.8 Å². The minimum Gasteiger partial charge on any atom is -0.341 e. The molecular weight excluding hydrogens is 326 g/mol. The average molecular weight is 360 g/mol. The summed E-state index contributed by atoms with van der Waals surface area (Å²) in [4.78, 5) is 30.8. The summed E-state index contributed by atoms with van der Waals surface area (Å²) in [5.41, 5.74) is 5.87. The number of piperidine rings is 1. The van der Waals surface area contributed by atoms with Crippen molar-refractivity contribution in [2.75, 3.05) is 19.6 Å². The van der Waals surface area contributed by atoms with E-state index < -0.39 is 0 Å². The molecule has 5 heteroatoms. The van der Waals surface area contributed by atoms with E-state index in [1.54, 1.807) is 0 Å². The molecule has 0 aromatic carbocycles. The van der Waals surface area contributed by atoms with Gasteiger partial charge >= 0.3 is 0 Å². The van der Waals surface area contributed by atoms with Gasteiger partial charge in [-0.05, 0) is 82.0 Å². The maximum Gasteiger partial charge on any atom is 0.245 e. The molecule has 144 valence electrons. The molecular formula is C21H33N3O2. The predicted octanol–water partition coefficient (Wildman–Crippen LogP) is 2.14. The minimum atomic E-state index is -0.204. The lowest BCUT2D eigenvalue weighted by molar-refractivity contribution is -0.162. The van der Waals surface area contributed by atoms with Crippen LogP contribution in [-0.4, -0.2) is 53.3 Å². The number of carbonyl (C=O) groups excluding carboxylic acids is 2. The van der Waals surface area contributed by atoms with Crippen LogP contribution in [0.15, 0.2) is 0 Å². The van der Waals surface area contributed by atoms with Crippen LogP contribution in [0.25, 0.3) is 0 Å². The van der Waals surface area contributed by atoms with Gasteiger partial charge in [-0.15, -0.1) is 0 Å². The molecule has 2 saturated heterocycles. The summed E-state index contributed by atoms with van der Waals surface area (Å²) < 4.78 is 0. The summed E-state index contributed by atoms with van der Waals surface area (Å²) in [7, 11) is 0. The summed E-state index contributed by atoms with van der Waals surface area (Å²) in [5, 5.41) is 0. The van der Waals surface area contributed by atoms with Crippen LogP contribution in [0.1, 0.15) is 64.2 Å². The zero-order valence-corrected chi connectivity index (χ0v) is 15.9. The Morgan fingerprint density at radius 1 is 0.846 bits per heavy atom. The minimum absolute atomic E-state index is 0.123. The molecule has 4 saturated carbocycles. The molecule has 2 aliphatic heterocycles. The Morgan fingerprint density at radius 2 is 1.42 bits per heavy atom. The van der Waals surface area contributed by atoms with Gasteiger partial charge in [0.1, 0.15) is 6.04 Å². The highest BCUT2D eigenvalue weighted by molar-refractivity contribution is 5.91. The van der Waals surface area contributed by atoms with Gasteiger partial charge in [-0.3, -0.25) is 9.59 Å². The van der Waals surface area contributed by atoms with Gasteiger partial charge in [0.25, 0.3) is 0 Å². The van der Waals surface area contributed by atoms with Gasteiger partial charge in [-0.2, -0.15) is 0 Å². The van der Waals surface area contributed by atoms with E-state index in [2.05, 4.69) is 0 Å². The second-order valence-corrected chi connectivity index (χ2v) is 10.0. The second-order valence-electron chi connectivity index (χ2n) is 10.0. The van der Waals surface area contributed by atoms with E-state index in [1.807, 2.05) is 9.80 Å². The third kappa shape index (κ3) is 2.69. The maximum atomic E-state index is 13.7. The van der Waals surface area contributed by atoms with Crippen molar-refractivity contribution in [2.45, 2.75) is 76.3 Å². The number of hydrogen-bond acceptors (Lipinski definition) is 3. The lowest BCUT2D eigenvalue weighted by atomic mass is 9.49. The van der Waals surface area contributed by atoms with Crippen LogP contribution >= 0.6 is 0 Å². The van der Waals surface area contributed by atoms with Crippen molar-refractivity contribution >= 4 is 11.8 Å². The fourth-order valence-electron chi connectivity index (χ4n) is 7.27. The van der Waals surface area contributed by atoms with Crippen LogP contribution in [0.4, 0.5) is 0 Å². The van der Waals surface area contributed by atoms with Crippen molar-refractivity contribution in [2.24, 2.45) is 28.9 Å². The standard InChI is InChI=1S/C21H33N3O2/c22-17-3-6-23(7-4-17)19(25)18-2-1-5-24(18)20(26)21-11-14-8-15(12-21)10-16(9-14)13-21/h14-18H,1-13,22H2. The van der Waals surface area contributed by atoms with E-state index in [9.17, 15) is 9.59 Å². The smallest absolute Gasteiger partial charge is 0.245 e. The molecule has 6 fully saturated rings. The number of likely N-dealkylation sites (tertiary alicyclic amines) is 2. The Morgan fingerprint density at radius 3 is 2.00 bits per heavy atom. The Bertz CT molecular complexity index is 561. The van der Waals surface area contributed by atoms with Crippen molar-refractivity contribution in [3.05, 3.63) is 0 Å². The topological polar surface area (TPSA) is 66.6 Å². The first-order valence-electron chi connectivity index (χ1n) is 10.9. The molecule has 2 N–H and O–H groups in total. The van der Waals surface area contributed by atoms with Gasteiger partial charge in [0.15, 0.2) is 0 Å². The monoisotopic (exact) mass is 359 g/mol. The highest BCUT2D eigenvalue weighted by atomic mass is 16.2.